The SMILES string of the molecule is COc1cccc(NCc2ccno2)n1. The molecule has 0 amide bonds. The van der Waals surface area contributed by atoms with Crippen molar-refractivity contribution in [3.8, 4) is 5.88 Å². The van der Waals surface area contributed by atoms with Crippen molar-refractivity contribution in [2.75, 3.05) is 12.4 Å². The van der Waals surface area contributed by atoms with Gasteiger partial charge in [0, 0.05) is 12.1 Å². The second-order valence-corrected chi connectivity index (χ2v) is 2.90. The lowest BCUT2D eigenvalue weighted by molar-refractivity contribution is 0.387. The van der Waals surface area contributed by atoms with Crippen LogP contribution in [-0.4, -0.2) is 17.3 Å². The van der Waals surface area contributed by atoms with Crippen LogP contribution in [0.15, 0.2) is 35.0 Å². The van der Waals surface area contributed by atoms with E-state index < -0.39 is 0 Å². The van der Waals surface area contributed by atoms with Crippen molar-refractivity contribution in [3.63, 3.8) is 0 Å². The molecule has 5 nitrogen and oxygen atoms in total. The van der Waals surface area contributed by atoms with Gasteiger partial charge in [0.2, 0.25) is 5.88 Å². The summed E-state index contributed by atoms with van der Waals surface area (Å²) in [6.07, 6.45) is 1.61. The molecule has 0 aliphatic heterocycles. The predicted octanol–water partition coefficient (Wildman–Crippen LogP) is 1.69. The number of nitrogens with zero attached hydrogens (tertiary/aromatic N) is 2. The van der Waals surface area contributed by atoms with Crippen molar-refractivity contribution in [1.29, 1.82) is 0 Å². The van der Waals surface area contributed by atoms with Gasteiger partial charge < -0.3 is 14.6 Å². The Kier molecular flexibility index (Phi) is 2.82. The van der Waals surface area contributed by atoms with E-state index in [1.165, 1.54) is 0 Å². The Balaban J connectivity index is 1.98. The van der Waals surface area contributed by atoms with E-state index in [1.807, 2.05) is 12.1 Å². The molecule has 78 valence electrons. The van der Waals surface area contributed by atoms with Gasteiger partial charge in [0.25, 0.3) is 0 Å². The summed E-state index contributed by atoms with van der Waals surface area (Å²) in [4.78, 5) is 4.20. The van der Waals surface area contributed by atoms with Crippen LogP contribution in [-0.2, 0) is 6.54 Å². The molecule has 2 aromatic heterocycles. The van der Waals surface area contributed by atoms with Crippen LogP contribution in [0.25, 0.3) is 0 Å². The lowest BCUT2D eigenvalue weighted by Crippen LogP contribution is -2.00. The third-order valence-corrected chi connectivity index (χ3v) is 1.87. The monoisotopic (exact) mass is 205 g/mol. The summed E-state index contributed by atoms with van der Waals surface area (Å²) in [7, 11) is 1.59. The molecule has 0 saturated heterocycles. The number of rotatable bonds is 4. The minimum atomic E-state index is 0.556. The normalized spacial score (nSPS) is 9.93. The molecule has 15 heavy (non-hydrogen) atoms. The molecule has 0 atom stereocenters. The quantitative estimate of drug-likeness (QED) is 0.823. The summed E-state index contributed by atoms with van der Waals surface area (Å²) >= 11 is 0. The molecule has 1 N–H and O–H groups in total. The fourth-order valence-electron chi connectivity index (χ4n) is 1.14. The van der Waals surface area contributed by atoms with Crippen molar-refractivity contribution in [2.24, 2.45) is 0 Å². The van der Waals surface area contributed by atoms with Crippen LogP contribution >= 0.6 is 0 Å². The van der Waals surface area contributed by atoms with Crippen molar-refractivity contribution in [3.05, 3.63) is 36.2 Å². The van der Waals surface area contributed by atoms with Gasteiger partial charge in [-0.2, -0.15) is 4.98 Å². The van der Waals surface area contributed by atoms with E-state index in [2.05, 4.69) is 15.5 Å². The van der Waals surface area contributed by atoms with Crippen LogP contribution in [0.5, 0.6) is 5.88 Å². The molecule has 2 rings (SSSR count). The highest BCUT2D eigenvalue weighted by molar-refractivity contribution is 5.37. The third kappa shape index (κ3) is 2.46. The number of pyridine rings is 1. The predicted molar refractivity (Wildman–Crippen MR) is 54.6 cm³/mol. The molecular formula is C10H11N3O2. The largest absolute Gasteiger partial charge is 0.481 e. The van der Waals surface area contributed by atoms with Crippen LogP contribution in [0.4, 0.5) is 5.82 Å². The second kappa shape index (κ2) is 4.45. The van der Waals surface area contributed by atoms with Crippen LogP contribution in [0.2, 0.25) is 0 Å². The van der Waals surface area contributed by atoms with Gasteiger partial charge in [-0.1, -0.05) is 11.2 Å². The summed E-state index contributed by atoms with van der Waals surface area (Å²) in [6.45, 7) is 0.556. The average molecular weight is 205 g/mol. The van der Waals surface area contributed by atoms with Crippen LogP contribution in [0.1, 0.15) is 5.76 Å². The Morgan fingerprint density at radius 3 is 3.07 bits per heavy atom. The van der Waals surface area contributed by atoms with Crippen molar-refractivity contribution < 1.29 is 9.26 Å². The Hall–Kier alpha value is -2.04. The van der Waals surface area contributed by atoms with E-state index in [4.69, 9.17) is 9.26 Å². The molecule has 0 fully saturated rings. The Morgan fingerprint density at radius 1 is 1.40 bits per heavy atom. The van der Waals surface area contributed by atoms with Crippen molar-refractivity contribution in [2.45, 2.75) is 6.54 Å². The fourth-order valence-corrected chi connectivity index (χ4v) is 1.14. The minimum Gasteiger partial charge on any atom is -0.481 e. The molecule has 2 heterocycles. The Morgan fingerprint density at radius 2 is 2.33 bits per heavy atom. The zero-order chi connectivity index (χ0) is 10.5. The first kappa shape index (κ1) is 9.51. The van der Waals surface area contributed by atoms with Gasteiger partial charge >= 0.3 is 0 Å². The maximum atomic E-state index is 5.00. The number of aromatic nitrogens is 2. The molecular weight excluding hydrogens is 194 g/mol. The van der Waals surface area contributed by atoms with E-state index >= 15 is 0 Å². The maximum Gasteiger partial charge on any atom is 0.214 e. The Bertz CT molecular complexity index is 414. The zero-order valence-electron chi connectivity index (χ0n) is 8.30. The molecule has 0 spiro atoms. The molecule has 0 unspecified atom stereocenters. The molecule has 0 bridgehead atoms. The first-order valence-corrected chi connectivity index (χ1v) is 4.53. The fraction of sp³-hybridized carbons (Fsp3) is 0.200. The minimum absolute atomic E-state index is 0.556. The Labute approximate surface area is 87.1 Å². The van der Waals surface area contributed by atoms with Crippen LogP contribution in [0.3, 0.4) is 0 Å². The number of nitrogens with one attached hydrogen (secondary N) is 1. The zero-order valence-corrected chi connectivity index (χ0v) is 8.30. The molecule has 2 aromatic rings. The summed E-state index contributed by atoms with van der Waals surface area (Å²) in [5.74, 6) is 2.09. The van der Waals surface area contributed by atoms with Gasteiger partial charge in [0.15, 0.2) is 5.76 Å². The van der Waals surface area contributed by atoms with Gasteiger partial charge in [-0.15, -0.1) is 0 Å². The topological polar surface area (TPSA) is 60.2 Å². The van der Waals surface area contributed by atoms with Crippen molar-refractivity contribution in [1.82, 2.24) is 10.1 Å². The molecule has 0 saturated carbocycles. The van der Waals surface area contributed by atoms with E-state index in [0.717, 1.165) is 11.6 Å². The summed E-state index contributed by atoms with van der Waals surface area (Å²) in [6, 6.07) is 7.32. The second-order valence-electron chi connectivity index (χ2n) is 2.90. The standard InChI is InChI=1S/C10H11N3O2/c1-14-10-4-2-3-9(13-10)11-7-8-5-6-12-15-8/h2-6H,7H2,1H3,(H,11,13). The summed E-state index contributed by atoms with van der Waals surface area (Å²) in [5.41, 5.74) is 0. The van der Waals surface area contributed by atoms with E-state index in [0.29, 0.717) is 12.4 Å². The molecule has 0 radical (unpaired) electrons. The van der Waals surface area contributed by atoms with Crippen LogP contribution in [0, 0.1) is 0 Å². The van der Waals surface area contributed by atoms with Gasteiger partial charge in [-0.25, -0.2) is 0 Å². The summed E-state index contributed by atoms with van der Waals surface area (Å²) in [5, 5.41) is 6.70. The first-order valence-electron chi connectivity index (χ1n) is 4.53. The summed E-state index contributed by atoms with van der Waals surface area (Å²) < 4.78 is 9.95. The van der Waals surface area contributed by atoms with Gasteiger partial charge in [0.05, 0.1) is 19.9 Å². The van der Waals surface area contributed by atoms with Gasteiger partial charge in [-0.3, -0.25) is 0 Å². The third-order valence-electron chi connectivity index (χ3n) is 1.87. The smallest absolute Gasteiger partial charge is 0.214 e. The van der Waals surface area contributed by atoms with Gasteiger partial charge in [0.1, 0.15) is 5.82 Å². The lowest BCUT2D eigenvalue weighted by atomic mass is 10.4. The highest BCUT2D eigenvalue weighted by atomic mass is 16.5. The van der Waals surface area contributed by atoms with Crippen molar-refractivity contribution >= 4 is 5.82 Å². The van der Waals surface area contributed by atoms with E-state index in [-0.39, 0.29) is 0 Å². The van der Waals surface area contributed by atoms with Crippen LogP contribution < -0.4 is 10.1 Å². The number of methoxy groups -OCH3 is 1. The highest BCUT2D eigenvalue weighted by Gasteiger charge is 1.99. The molecule has 0 aliphatic rings. The number of ether oxygens (including phenoxy) is 1. The number of hydrogen-bond donors (Lipinski definition) is 1. The number of anilines is 1. The maximum absolute atomic E-state index is 5.00. The number of hydrogen-bond acceptors (Lipinski definition) is 5. The highest BCUT2D eigenvalue weighted by Crippen LogP contribution is 2.11. The molecule has 0 aliphatic carbocycles. The lowest BCUT2D eigenvalue weighted by Gasteiger charge is -2.04. The van der Waals surface area contributed by atoms with E-state index in [9.17, 15) is 0 Å². The molecule has 0 aromatic carbocycles. The first-order chi connectivity index (χ1) is 7.38. The van der Waals surface area contributed by atoms with Gasteiger partial charge in [-0.05, 0) is 6.07 Å². The average Bonchev–Trinajstić information content (AvgIpc) is 2.79. The molecule has 5 heteroatoms. The van der Waals surface area contributed by atoms with E-state index in [1.54, 1.807) is 25.4 Å².